The van der Waals surface area contributed by atoms with Crippen LogP contribution in [0.3, 0.4) is 0 Å². The minimum atomic E-state index is -0.842. The highest BCUT2D eigenvalue weighted by Crippen LogP contribution is 2.54. The van der Waals surface area contributed by atoms with Gasteiger partial charge in [-0.05, 0) is 52.6 Å². The number of aryl methyl sites for hydroxylation is 1. The van der Waals surface area contributed by atoms with Gasteiger partial charge in [0.15, 0.2) is 0 Å². The van der Waals surface area contributed by atoms with Gasteiger partial charge in [-0.25, -0.2) is 4.79 Å². The van der Waals surface area contributed by atoms with Crippen molar-refractivity contribution in [3.8, 4) is 22.5 Å². The molecule has 1 aliphatic rings. The van der Waals surface area contributed by atoms with E-state index < -0.39 is 11.9 Å². The Kier molecular flexibility index (Phi) is 6.73. The number of carboxylic acid groups (broad SMARTS) is 1. The number of hydrogen-bond acceptors (Lipinski definition) is 6. The zero-order valence-electron chi connectivity index (χ0n) is 21.2. The Morgan fingerprint density at radius 1 is 1.16 bits per heavy atom. The topological polar surface area (TPSA) is 132 Å². The average molecular weight is 502 g/mol. The van der Waals surface area contributed by atoms with Gasteiger partial charge in [0.05, 0.1) is 18.5 Å². The Bertz CT molecular complexity index is 1450. The van der Waals surface area contributed by atoms with E-state index in [1.54, 1.807) is 21.5 Å². The maximum atomic E-state index is 13.8. The Morgan fingerprint density at radius 3 is 2.59 bits per heavy atom. The number of nitrogens with one attached hydrogen (secondary N) is 1. The minimum Gasteiger partial charge on any atom is -0.481 e. The molecule has 10 nitrogen and oxygen atoms in total. The predicted molar refractivity (Wildman–Crippen MR) is 138 cm³/mol. The van der Waals surface area contributed by atoms with Crippen molar-refractivity contribution in [3.63, 3.8) is 0 Å². The van der Waals surface area contributed by atoms with E-state index in [4.69, 9.17) is 0 Å². The molecule has 2 N–H and O–H groups in total. The number of aromatic nitrogens is 7. The normalized spacial score (nSPS) is 18.9. The summed E-state index contributed by atoms with van der Waals surface area (Å²) in [5.41, 5.74) is 4.27. The van der Waals surface area contributed by atoms with Crippen molar-refractivity contribution in [3.05, 3.63) is 70.7 Å². The van der Waals surface area contributed by atoms with Gasteiger partial charge in [-0.1, -0.05) is 51.5 Å². The lowest BCUT2D eigenvalue weighted by Crippen LogP contribution is -2.26. The van der Waals surface area contributed by atoms with Gasteiger partial charge >= 0.3 is 11.7 Å². The summed E-state index contributed by atoms with van der Waals surface area (Å²) in [7, 11) is 0. The SMILES string of the molecule is CCCCc1cn(C2C(C(=O)O)C2C(C)C)c(=O)n1Cc1cnccc1-c1ccccc1-c1nn[nH]n1. The number of tetrazole rings is 1. The van der Waals surface area contributed by atoms with Crippen LogP contribution in [0.4, 0.5) is 0 Å². The molecule has 0 aliphatic heterocycles. The molecule has 0 saturated heterocycles. The van der Waals surface area contributed by atoms with Crippen LogP contribution >= 0.6 is 0 Å². The highest BCUT2D eigenvalue weighted by atomic mass is 16.4. The lowest BCUT2D eigenvalue weighted by atomic mass is 9.96. The third-order valence-electron chi connectivity index (χ3n) is 7.32. The fourth-order valence-corrected chi connectivity index (χ4v) is 5.46. The van der Waals surface area contributed by atoms with E-state index >= 15 is 0 Å². The van der Waals surface area contributed by atoms with Crippen LogP contribution in [0.2, 0.25) is 0 Å². The average Bonchev–Trinajstić information content (AvgIpc) is 3.26. The third kappa shape index (κ3) is 4.59. The van der Waals surface area contributed by atoms with Crippen LogP contribution in [0.15, 0.2) is 53.7 Å². The molecule has 3 aromatic heterocycles. The number of hydrogen-bond donors (Lipinski definition) is 2. The number of rotatable bonds is 10. The van der Waals surface area contributed by atoms with Gasteiger partial charge in [-0.2, -0.15) is 5.21 Å². The van der Waals surface area contributed by atoms with Crippen molar-refractivity contribution in [2.45, 2.75) is 52.6 Å². The molecule has 37 heavy (non-hydrogen) atoms. The van der Waals surface area contributed by atoms with Gasteiger partial charge in [-0.15, -0.1) is 10.2 Å². The van der Waals surface area contributed by atoms with E-state index in [1.165, 1.54) is 0 Å². The largest absolute Gasteiger partial charge is 0.481 e. The van der Waals surface area contributed by atoms with Gasteiger partial charge in [0, 0.05) is 29.8 Å². The molecule has 1 fully saturated rings. The second kappa shape index (κ2) is 10.1. The minimum absolute atomic E-state index is 0.0548. The molecule has 1 aromatic carbocycles. The molecule has 0 radical (unpaired) electrons. The smallest absolute Gasteiger partial charge is 0.328 e. The van der Waals surface area contributed by atoms with Crippen LogP contribution in [0.25, 0.3) is 22.5 Å². The Labute approximate surface area is 214 Å². The molecule has 0 spiro atoms. The van der Waals surface area contributed by atoms with E-state index in [9.17, 15) is 14.7 Å². The number of aliphatic carboxylic acids is 1. The molecule has 4 aromatic rings. The summed E-state index contributed by atoms with van der Waals surface area (Å²) < 4.78 is 3.44. The molecule has 3 heterocycles. The second-order valence-electron chi connectivity index (χ2n) is 9.99. The first-order valence-electron chi connectivity index (χ1n) is 12.7. The molecule has 1 saturated carbocycles. The summed E-state index contributed by atoms with van der Waals surface area (Å²) in [5, 5.41) is 24.3. The number of pyridine rings is 1. The number of benzene rings is 1. The van der Waals surface area contributed by atoms with E-state index in [-0.39, 0.29) is 23.6 Å². The lowest BCUT2D eigenvalue weighted by molar-refractivity contribution is -0.139. The van der Waals surface area contributed by atoms with Crippen molar-refractivity contribution in [1.82, 2.24) is 34.7 Å². The quantitative estimate of drug-likeness (QED) is 0.338. The molecule has 5 rings (SSSR count). The molecule has 3 atom stereocenters. The van der Waals surface area contributed by atoms with Gasteiger partial charge in [0.2, 0.25) is 5.82 Å². The lowest BCUT2D eigenvalue weighted by Gasteiger charge is -2.13. The zero-order chi connectivity index (χ0) is 26.1. The van der Waals surface area contributed by atoms with Crippen molar-refractivity contribution in [1.29, 1.82) is 0 Å². The first kappa shape index (κ1) is 24.6. The fraction of sp³-hybridized carbons (Fsp3) is 0.407. The molecule has 10 heteroatoms. The number of aromatic amines is 1. The molecule has 192 valence electrons. The monoisotopic (exact) mass is 501 g/mol. The summed E-state index contributed by atoms with van der Waals surface area (Å²) in [6.45, 7) is 6.47. The van der Waals surface area contributed by atoms with E-state index in [2.05, 4.69) is 32.5 Å². The van der Waals surface area contributed by atoms with E-state index in [1.807, 2.05) is 50.4 Å². The van der Waals surface area contributed by atoms with Crippen LogP contribution in [0, 0.1) is 17.8 Å². The summed E-state index contributed by atoms with van der Waals surface area (Å²) in [4.78, 5) is 30.0. The predicted octanol–water partition coefficient (Wildman–Crippen LogP) is 3.81. The standard InChI is InChI=1S/C27H31N7O3/c1-4-5-8-18-15-34(24-22(16(2)3)23(24)26(35)36)27(37)33(18)14-17-13-28-12-11-19(17)20-9-6-7-10-21(20)25-29-31-32-30-25/h6-7,9-13,15-16,22-24H,4-5,8,14H2,1-3H3,(H,35,36)(H,29,30,31,32). The number of carboxylic acids is 1. The number of carbonyl (C=O) groups is 1. The summed E-state index contributed by atoms with van der Waals surface area (Å²) in [6.07, 6.45) is 8.06. The molecular formula is C27H31N7O3. The second-order valence-corrected chi connectivity index (χ2v) is 9.99. The Hall–Kier alpha value is -4.08. The maximum Gasteiger partial charge on any atom is 0.328 e. The highest BCUT2D eigenvalue weighted by Gasteiger charge is 2.58. The molecule has 3 unspecified atom stereocenters. The number of imidazole rings is 1. The summed E-state index contributed by atoms with van der Waals surface area (Å²) in [5.74, 6) is -0.777. The van der Waals surface area contributed by atoms with Crippen molar-refractivity contribution in [2.75, 3.05) is 0 Å². The first-order chi connectivity index (χ1) is 17.9. The summed E-state index contributed by atoms with van der Waals surface area (Å²) in [6, 6.07) is 9.40. The molecule has 1 aliphatic carbocycles. The maximum absolute atomic E-state index is 13.8. The van der Waals surface area contributed by atoms with Crippen LogP contribution in [-0.4, -0.2) is 45.8 Å². The first-order valence-corrected chi connectivity index (χ1v) is 12.7. The summed E-state index contributed by atoms with van der Waals surface area (Å²) >= 11 is 0. The zero-order valence-corrected chi connectivity index (χ0v) is 21.2. The van der Waals surface area contributed by atoms with Crippen molar-refractivity contribution in [2.24, 2.45) is 17.8 Å². The highest BCUT2D eigenvalue weighted by molar-refractivity contribution is 5.81. The van der Waals surface area contributed by atoms with Gasteiger partial charge < -0.3 is 5.11 Å². The van der Waals surface area contributed by atoms with Gasteiger partial charge in [-0.3, -0.25) is 18.9 Å². The van der Waals surface area contributed by atoms with E-state index in [0.29, 0.717) is 12.4 Å². The van der Waals surface area contributed by atoms with Crippen LogP contribution in [-0.2, 0) is 17.8 Å². The van der Waals surface area contributed by atoms with Crippen LogP contribution in [0.1, 0.15) is 50.9 Å². The molecular weight excluding hydrogens is 470 g/mol. The van der Waals surface area contributed by atoms with Gasteiger partial charge in [0.25, 0.3) is 0 Å². The van der Waals surface area contributed by atoms with E-state index in [0.717, 1.165) is 47.2 Å². The number of nitrogens with zero attached hydrogens (tertiary/aromatic N) is 6. The van der Waals surface area contributed by atoms with Crippen LogP contribution < -0.4 is 5.69 Å². The van der Waals surface area contributed by atoms with Gasteiger partial charge in [0.1, 0.15) is 0 Å². The van der Waals surface area contributed by atoms with Crippen molar-refractivity contribution < 1.29 is 9.90 Å². The Balaban J connectivity index is 1.57. The third-order valence-corrected chi connectivity index (χ3v) is 7.32. The molecule has 0 bridgehead atoms. The molecule has 0 amide bonds. The van der Waals surface area contributed by atoms with Crippen LogP contribution in [0.5, 0.6) is 0 Å². The Morgan fingerprint density at radius 2 is 1.95 bits per heavy atom. The van der Waals surface area contributed by atoms with Crippen molar-refractivity contribution >= 4 is 5.97 Å². The number of unbranched alkanes of at least 4 members (excludes halogenated alkanes) is 1. The fourth-order valence-electron chi connectivity index (χ4n) is 5.46. The number of H-pyrrole nitrogens is 1.